The van der Waals surface area contributed by atoms with Crippen LogP contribution < -0.4 is 5.32 Å². The molecule has 1 N–H and O–H groups in total. The van der Waals surface area contributed by atoms with Crippen molar-refractivity contribution in [1.29, 1.82) is 5.26 Å². The van der Waals surface area contributed by atoms with E-state index >= 15 is 0 Å². The van der Waals surface area contributed by atoms with Gasteiger partial charge in [-0.25, -0.2) is 0 Å². The van der Waals surface area contributed by atoms with E-state index < -0.39 is 0 Å². The standard InChI is InChI=1S/C27H31N3/c1-18-14-26-23(15-19(18)16-28)24(17-30(26)20-8-5-4-6-9-20)21-10-7-11-25-22(21)12-13-27(2,3)29-25/h7,10-11,14-15,17,20,29H,4-6,8-9,12-13H2,1-3H3. The summed E-state index contributed by atoms with van der Waals surface area (Å²) in [4.78, 5) is 0. The Hall–Kier alpha value is -2.73. The minimum absolute atomic E-state index is 0.132. The van der Waals surface area contributed by atoms with Crippen LogP contribution >= 0.6 is 0 Å². The molecule has 154 valence electrons. The van der Waals surface area contributed by atoms with Crippen molar-refractivity contribution in [2.75, 3.05) is 5.32 Å². The van der Waals surface area contributed by atoms with Gasteiger partial charge in [-0.3, -0.25) is 0 Å². The fourth-order valence-corrected chi connectivity index (χ4v) is 5.49. The Morgan fingerprint density at radius 1 is 1.10 bits per heavy atom. The largest absolute Gasteiger partial charge is 0.380 e. The summed E-state index contributed by atoms with van der Waals surface area (Å²) < 4.78 is 2.53. The van der Waals surface area contributed by atoms with Gasteiger partial charge >= 0.3 is 0 Å². The van der Waals surface area contributed by atoms with E-state index in [4.69, 9.17) is 0 Å². The molecule has 5 rings (SSSR count). The Morgan fingerprint density at radius 2 is 1.90 bits per heavy atom. The van der Waals surface area contributed by atoms with Gasteiger partial charge in [0, 0.05) is 39.9 Å². The number of rotatable bonds is 2. The highest BCUT2D eigenvalue weighted by Crippen LogP contribution is 2.42. The molecule has 2 heterocycles. The van der Waals surface area contributed by atoms with Crippen molar-refractivity contribution < 1.29 is 0 Å². The SMILES string of the molecule is Cc1cc2c(cc1C#N)c(-c1cccc3c1CCC(C)(C)N3)cn2C1CCCCC1. The third-order valence-electron chi connectivity index (χ3n) is 7.21. The van der Waals surface area contributed by atoms with Gasteiger partial charge in [0.25, 0.3) is 0 Å². The molecule has 1 fully saturated rings. The second-order valence-corrected chi connectivity index (χ2v) is 9.88. The van der Waals surface area contributed by atoms with E-state index in [2.05, 4.69) is 73.3 Å². The van der Waals surface area contributed by atoms with Crippen molar-refractivity contribution in [3.8, 4) is 17.2 Å². The van der Waals surface area contributed by atoms with Crippen molar-refractivity contribution in [3.05, 3.63) is 53.2 Å². The lowest BCUT2D eigenvalue weighted by Gasteiger charge is -2.34. The van der Waals surface area contributed by atoms with E-state index in [1.54, 1.807) is 0 Å². The first-order valence-corrected chi connectivity index (χ1v) is 11.4. The molecule has 30 heavy (non-hydrogen) atoms. The highest BCUT2D eigenvalue weighted by molar-refractivity contribution is 5.99. The summed E-state index contributed by atoms with van der Waals surface area (Å²) in [6.45, 7) is 6.62. The first-order valence-electron chi connectivity index (χ1n) is 11.4. The smallest absolute Gasteiger partial charge is 0.0994 e. The molecule has 1 saturated carbocycles. The molecule has 0 radical (unpaired) electrons. The van der Waals surface area contributed by atoms with Gasteiger partial charge in [-0.1, -0.05) is 31.4 Å². The number of hydrogen-bond acceptors (Lipinski definition) is 2. The number of fused-ring (bicyclic) bond motifs is 2. The summed E-state index contributed by atoms with van der Waals surface area (Å²) in [5.74, 6) is 0. The molecule has 1 aliphatic carbocycles. The number of anilines is 1. The zero-order valence-electron chi connectivity index (χ0n) is 18.4. The second kappa shape index (κ2) is 7.20. The van der Waals surface area contributed by atoms with Crippen LogP contribution in [0.1, 0.15) is 75.1 Å². The van der Waals surface area contributed by atoms with Crippen LogP contribution in [-0.2, 0) is 6.42 Å². The lowest BCUT2D eigenvalue weighted by atomic mass is 9.85. The van der Waals surface area contributed by atoms with E-state index in [0.29, 0.717) is 6.04 Å². The maximum atomic E-state index is 9.68. The minimum Gasteiger partial charge on any atom is -0.380 e. The van der Waals surface area contributed by atoms with E-state index in [1.807, 2.05) is 0 Å². The number of benzene rings is 2. The lowest BCUT2D eigenvalue weighted by molar-refractivity contribution is 0.361. The number of nitriles is 1. The van der Waals surface area contributed by atoms with Gasteiger partial charge in [-0.2, -0.15) is 5.26 Å². The predicted molar refractivity (Wildman–Crippen MR) is 125 cm³/mol. The summed E-state index contributed by atoms with van der Waals surface area (Å²) >= 11 is 0. The van der Waals surface area contributed by atoms with Gasteiger partial charge in [-0.15, -0.1) is 0 Å². The maximum absolute atomic E-state index is 9.68. The van der Waals surface area contributed by atoms with Crippen molar-refractivity contribution in [1.82, 2.24) is 4.57 Å². The lowest BCUT2D eigenvalue weighted by Crippen LogP contribution is -2.35. The fourth-order valence-electron chi connectivity index (χ4n) is 5.49. The van der Waals surface area contributed by atoms with Gasteiger partial charge in [0.15, 0.2) is 0 Å². The normalized spacial score (nSPS) is 18.6. The zero-order chi connectivity index (χ0) is 20.9. The Kier molecular flexibility index (Phi) is 4.62. The van der Waals surface area contributed by atoms with Gasteiger partial charge < -0.3 is 9.88 Å². The monoisotopic (exact) mass is 397 g/mol. The molecule has 1 aromatic heterocycles. The number of nitrogens with zero attached hydrogens (tertiary/aromatic N) is 2. The van der Waals surface area contributed by atoms with Gasteiger partial charge in [0.05, 0.1) is 11.6 Å². The average Bonchev–Trinajstić information content (AvgIpc) is 3.10. The van der Waals surface area contributed by atoms with Crippen LogP contribution in [-0.4, -0.2) is 10.1 Å². The molecule has 0 unspecified atom stereocenters. The summed E-state index contributed by atoms with van der Waals surface area (Å²) in [6, 6.07) is 14.0. The second-order valence-electron chi connectivity index (χ2n) is 9.88. The molecule has 3 aromatic rings. The highest BCUT2D eigenvalue weighted by atomic mass is 15.0. The Bertz CT molecular complexity index is 1150. The van der Waals surface area contributed by atoms with Crippen LogP contribution in [0.5, 0.6) is 0 Å². The van der Waals surface area contributed by atoms with Crippen molar-refractivity contribution in [3.63, 3.8) is 0 Å². The number of nitrogens with one attached hydrogen (secondary N) is 1. The number of aromatic nitrogens is 1. The van der Waals surface area contributed by atoms with E-state index in [-0.39, 0.29) is 5.54 Å². The third kappa shape index (κ3) is 3.19. The molecule has 2 aliphatic rings. The Balaban J connectivity index is 1.73. The van der Waals surface area contributed by atoms with Crippen molar-refractivity contribution >= 4 is 16.6 Å². The quantitative estimate of drug-likeness (QED) is 0.499. The molecule has 1 aliphatic heterocycles. The van der Waals surface area contributed by atoms with Crippen LogP contribution in [0.2, 0.25) is 0 Å². The molecule has 0 atom stereocenters. The Morgan fingerprint density at radius 3 is 2.67 bits per heavy atom. The zero-order valence-corrected chi connectivity index (χ0v) is 18.4. The topological polar surface area (TPSA) is 40.8 Å². The van der Waals surface area contributed by atoms with Gasteiger partial charge in [0.2, 0.25) is 0 Å². The van der Waals surface area contributed by atoms with Gasteiger partial charge in [-0.05, 0) is 81.3 Å². The van der Waals surface area contributed by atoms with Crippen LogP contribution in [0.3, 0.4) is 0 Å². The first kappa shape index (κ1) is 19.2. The van der Waals surface area contributed by atoms with E-state index in [9.17, 15) is 5.26 Å². The summed E-state index contributed by atoms with van der Waals surface area (Å²) in [5, 5.41) is 14.6. The molecular formula is C27H31N3. The van der Waals surface area contributed by atoms with Gasteiger partial charge in [0.1, 0.15) is 0 Å². The van der Waals surface area contributed by atoms with E-state index in [0.717, 1.165) is 24.0 Å². The number of aryl methyl sites for hydroxylation is 1. The third-order valence-corrected chi connectivity index (χ3v) is 7.21. The van der Waals surface area contributed by atoms with Crippen molar-refractivity contribution in [2.24, 2.45) is 0 Å². The molecule has 0 bridgehead atoms. The van der Waals surface area contributed by atoms with E-state index in [1.165, 1.54) is 65.4 Å². The van der Waals surface area contributed by atoms with Crippen LogP contribution in [0.25, 0.3) is 22.0 Å². The fraction of sp³-hybridized carbons (Fsp3) is 0.444. The minimum atomic E-state index is 0.132. The molecular weight excluding hydrogens is 366 g/mol. The van der Waals surface area contributed by atoms with Crippen LogP contribution in [0, 0.1) is 18.3 Å². The van der Waals surface area contributed by atoms with Crippen LogP contribution in [0.15, 0.2) is 36.5 Å². The highest BCUT2D eigenvalue weighted by Gasteiger charge is 2.27. The predicted octanol–water partition coefficient (Wildman–Crippen LogP) is 7.13. The molecule has 2 aromatic carbocycles. The molecule has 3 nitrogen and oxygen atoms in total. The average molecular weight is 398 g/mol. The summed E-state index contributed by atoms with van der Waals surface area (Å²) in [6.07, 6.45) is 11.1. The molecule has 3 heteroatoms. The summed E-state index contributed by atoms with van der Waals surface area (Å²) in [7, 11) is 0. The first-order chi connectivity index (χ1) is 14.5. The molecule has 0 spiro atoms. The van der Waals surface area contributed by atoms with Crippen LogP contribution in [0.4, 0.5) is 5.69 Å². The molecule has 0 amide bonds. The maximum Gasteiger partial charge on any atom is 0.0994 e. The summed E-state index contributed by atoms with van der Waals surface area (Å²) in [5.41, 5.74) is 8.56. The Labute approximate surface area is 179 Å². The van der Waals surface area contributed by atoms with Crippen molar-refractivity contribution in [2.45, 2.75) is 77.3 Å². The number of hydrogen-bond donors (Lipinski definition) is 1. The molecule has 0 saturated heterocycles.